The van der Waals surface area contributed by atoms with Crippen LogP contribution in [0.2, 0.25) is 0 Å². The fraction of sp³-hybridized carbons (Fsp3) is 0.562. The van der Waals surface area contributed by atoms with E-state index in [9.17, 15) is 18.8 Å². The van der Waals surface area contributed by atoms with E-state index in [2.05, 4.69) is 4.98 Å². The van der Waals surface area contributed by atoms with Crippen molar-refractivity contribution >= 4 is 11.9 Å². The molecule has 1 aromatic rings. The maximum absolute atomic E-state index is 14.1. The zero-order chi connectivity index (χ0) is 16.6. The summed E-state index contributed by atoms with van der Waals surface area (Å²) in [6, 6.07) is 1.60. The van der Waals surface area contributed by atoms with Crippen LogP contribution in [0, 0.1) is 0 Å². The molecule has 6 nitrogen and oxygen atoms in total. The summed E-state index contributed by atoms with van der Waals surface area (Å²) in [7, 11) is 0. The van der Waals surface area contributed by atoms with E-state index >= 15 is 0 Å². The van der Waals surface area contributed by atoms with Gasteiger partial charge in [0.2, 0.25) is 5.67 Å². The minimum absolute atomic E-state index is 0.00183. The molecule has 1 atom stereocenters. The second-order valence-corrected chi connectivity index (χ2v) is 6.32. The Morgan fingerprint density at radius 1 is 1.26 bits per heavy atom. The van der Waals surface area contributed by atoms with E-state index < -0.39 is 29.6 Å². The molecule has 2 heterocycles. The molecule has 1 amide bonds. The zero-order valence-electron chi connectivity index (χ0n) is 12.7. The number of pyridine rings is 1. The third kappa shape index (κ3) is 2.87. The van der Waals surface area contributed by atoms with Crippen molar-refractivity contribution in [3.8, 4) is 0 Å². The fourth-order valence-electron chi connectivity index (χ4n) is 3.30. The van der Waals surface area contributed by atoms with E-state index in [4.69, 9.17) is 5.11 Å². The van der Waals surface area contributed by atoms with Crippen LogP contribution in [-0.2, 0) is 17.6 Å². The van der Waals surface area contributed by atoms with Crippen LogP contribution in [-0.4, -0.2) is 45.6 Å². The summed E-state index contributed by atoms with van der Waals surface area (Å²) in [6.07, 6.45) is 4.42. The van der Waals surface area contributed by atoms with Crippen molar-refractivity contribution in [2.45, 2.75) is 44.2 Å². The average molecular weight is 322 g/mol. The van der Waals surface area contributed by atoms with Crippen LogP contribution >= 0.6 is 0 Å². The quantitative estimate of drug-likeness (QED) is 0.803. The molecule has 1 aliphatic heterocycles. The van der Waals surface area contributed by atoms with E-state index in [0.717, 1.165) is 48.3 Å². The highest BCUT2D eigenvalue weighted by atomic mass is 19.1. The minimum atomic E-state index is -2.42. The average Bonchev–Trinajstić information content (AvgIpc) is 2.78. The monoisotopic (exact) mass is 322 g/mol. The van der Waals surface area contributed by atoms with Gasteiger partial charge in [-0.05, 0) is 37.3 Å². The molecular formula is C16H19FN2O4. The van der Waals surface area contributed by atoms with Crippen LogP contribution in [0.25, 0.3) is 0 Å². The Morgan fingerprint density at radius 3 is 2.70 bits per heavy atom. The first-order chi connectivity index (χ1) is 10.9. The number of aromatic nitrogens is 1. The molecule has 1 fully saturated rings. The molecule has 2 N–H and O–H groups in total. The summed E-state index contributed by atoms with van der Waals surface area (Å²) in [5.41, 5.74) is -1.11. The minimum Gasteiger partial charge on any atom is -0.479 e. The summed E-state index contributed by atoms with van der Waals surface area (Å²) in [5.74, 6) is -2.16. The standard InChI is InChI=1S/C16H19FN2O4/c17-16(15(22)23)6-7-19(9-16)14(21)11-8-10-4-2-1-3-5-12(10)18-13(11)20/h8H,1-7,9H2,(H,18,20)(H,22,23). The van der Waals surface area contributed by atoms with Crippen molar-refractivity contribution in [2.75, 3.05) is 13.1 Å². The molecule has 1 unspecified atom stereocenters. The molecule has 1 aliphatic carbocycles. The summed E-state index contributed by atoms with van der Waals surface area (Å²) in [4.78, 5) is 39.5. The highest BCUT2D eigenvalue weighted by molar-refractivity contribution is 5.95. The Labute approximate surface area is 132 Å². The van der Waals surface area contributed by atoms with Gasteiger partial charge in [0.25, 0.3) is 11.5 Å². The number of amides is 1. The van der Waals surface area contributed by atoms with Crippen molar-refractivity contribution in [1.29, 1.82) is 0 Å². The predicted octanol–water partition coefficient (Wildman–Crippen LogP) is 1.28. The third-order valence-corrected chi connectivity index (χ3v) is 4.71. The molecule has 0 aromatic carbocycles. The lowest BCUT2D eigenvalue weighted by molar-refractivity contribution is -0.149. The SMILES string of the molecule is O=C(c1cc2c([nH]c1=O)CCCCC2)N1CCC(F)(C(=O)O)C1. The second-order valence-electron chi connectivity index (χ2n) is 6.32. The Hall–Kier alpha value is -2.18. The maximum Gasteiger partial charge on any atom is 0.343 e. The molecule has 0 saturated carbocycles. The van der Waals surface area contributed by atoms with Gasteiger partial charge < -0.3 is 15.0 Å². The van der Waals surface area contributed by atoms with Crippen LogP contribution < -0.4 is 5.56 Å². The van der Waals surface area contributed by atoms with Crippen molar-refractivity contribution < 1.29 is 19.1 Å². The zero-order valence-corrected chi connectivity index (χ0v) is 12.7. The van der Waals surface area contributed by atoms with Gasteiger partial charge in [0.15, 0.2) is 0 Å². The Balaban J connectivity index is 1.87. The third-order valence-electron chi connectivity index (χ3n) is 4.71. The number of halogens is 1. The maximum atomic E-state index is 14.1. The van der Waals surface area contributed by atoms with Crippen molar-refractivity contribution in [2.24, 2.45) is 0 Å². The number of likely N-dealkylation sites (tertiary alicyclic amines) is 1. The Morgan fingerprint density at radius 2 is 2.00 bits per heavy atom. The van der Waals surface area contributed by atoms with Crippen molar-refractivity contribution in [1.82, 2.24) is 9.88 Å². The number of aryl methyl sites for hydroxylation is 2. The Bertz CT molecular complexity index is 715. The van der Waals surface area contributed by atoms with Gasteiger partial charge in [-0.3, -0.25) is 9.59 Å². The van der Waals surface area contributed by atoms with E-state index in [1.54, 1.807) is 6.07 Å². The molecule has 3 rings (SSSR count). The normalized spacial score (nSPS) is 24.1. The smallest absolute Gasteiger partial charge is 0.343 e. The lowest BCUT2D eigenvalue weighted by Gasteiger charge is -2.18. The number of nitrogens with one attached hydrogen (secondary N) is 1. The first-order valence-electron chi connectivity index (χ1n) is 7.87. The van der Waals surface area contributed by atoms with Gasteiger partial charge in [-0.25, -0.2) is 9.18 Å². The number of hydrogen-bond acceptors (Lipinski definition) is 3. The molecule has 1 saturated heterocycles. The van der Waals surface area contributed by atoms with Gasteiger partial charge in [0.05, 0.1) is 6.54 Å². The topological polar surface area (TPSA) is 90.5 Å². The molecule has 0 bridgehead atoms. The molecule has 2 aliphatic rings. The van der Waals surface area contributed by atoms with Gasteiger partial charge in [-0.15, -0.1) is 0 Å². The first kappa shape index (κ1) is 15.7. The molecule has 0 spiro atoms. The largest absolute Gasteiger partial charge is 0.479 e. The fourth-order valence-corrected chi connectivity index (χ4v) is 3.30. The van der Waals surface area contributed by atoms with Gasteiger partial charge in [-0.1, -0.05) is 6.42 Å². The summed E-state index contributed by atoms with van der Waals surface area (Å²) >= 11 is 0. The first-order valence-corrected chi connectivity index (χ1v) is 7.87. The number of H-pyrrole nitrogens is 1. The number of aliphatic carboxylic acids is 1. The number of rotatable bonds is 2. The van der Waals surface area contributed by atoms with E-state index in [-0.39, 0.29) is 18.5 Å². The molecule has 23 heavy (non-hydrogen) atoms. The van der Waals surface area contributed by atoms with E-state index in [0.29, 0.717) is 0 Å². The van der Waals surface area contributed by atoms with E-state index in [1.165, 1.54) is 0 Å². The Kier molecular flexibility index (Phi) is 3.95. The number of nitrogens with zero attached hydrogens (tertiary/aromatic N) is 1. The van der Waals surface area contributed by atoms with Gasteiger partial charge in [-0.2, -0.15) is 0 Å². The molecule has 0 radical (unpaired) electrons. The lowest BCUT2D eigenvalue weighted by Crippen LogP contribution is -2.40. The number of carboxylic acid groups (broad SMARTS) is 1. The van der Waals surface area contributed by atoms with Crippen molar-refractivity contribution in [3.05, 3.63) is 33.2 Å². The summed E-state index contributed by atoms with van der Waals surface area (Å²) in [6.45, 7) is -0.518. The van der Waals surface area contributed by atoms with Gasteiger partial charge in [0.1, 0.15) is 5.56 Å². The van der Waals surface area contributed by atoms with Gasteiger partial charge in [0, 0.05) is 18.7 Å². The highest BCUT2D eigenvalue weighted by Crippen LogP contribution is 2.27. The number of fused-ring (bicyclic) bond motifs is 1. The second kappa shape index (κ2) is 5.79. The van der Waals surface area contributed by atoms with Crippen LogP contribution in [0.4, 0.5) is 4.39 Å². The molecule has 124 valence electrons. The van der Waals surface area contributed by atoms with Crippen LogP contribution in [0.15, 0.2) is 10.9 Å². The number of alkyl halides is 1. The van der Waals surface area contributed by atoms with E-state index in [1.807, 2.05) is 0 Å². The van der Waals surface area contributed by atoms with Crippen LogP contribution in [0.1, 0.15) is 47.3 Å². The van der Waals surface area contributed by atoms with Gasteiger partial charge >= 0.3 is 5.97 Å². The number of carbonyl (C=O) groups is 2. The molecule has 7 heteroatoms. The highest BCUT2D eigenvalue weighted by Gasteiger charge is 2.47. The number of hydrogen-bond donors (Lipinski definition) is 2. The number of aromatic amines is 1. The number of carboxylic acids is 1. The lowest BCUT2D eigenvalue weighted by atomic mass is 10.1. The predicted molar refractivity (Wildman–Crippen MR) is 80.3 cm³/mol. The molecular weight excluding hydrogens is 303 g/mol. The summed E-state index contributed by atoms with van der Waals surface area (Å²) < 4.78 is 14.1. The summed E-state index contributed by atoms with van der Waals surface area (Å²) in [5, 5.41) is 8.91. The van der Waals surface area contributed by atoms with Crippen molar-refractivity contribution in [3.63, 3.8) is 0 Å². The molecule has 1 aromatic heterocycles. The van der Waals surface area contributed by atoms with Crippen LogP contribution in [0.5, 0.6) is 0 Å². The van der Waals surface area contributed by atoms with Crippen LogP contribution in [0.3, 0.4) is 0 Å². The number of carbonyl (C=O) groups excluding carboxylic acids is 1.